The van der Waals surface area contributed by atoms with Gasteiger partial charge in [-0.3, -0.25) is 14.4 Å². The highest BCUT2D eigenvalue weighted by Gasteiger charge is 2.31. The first-order valence-corrected chi connectivity index (χ1v) is 20.6. The Morgan fingerprint density at radius 2 is 1.36 bits per heavy atom. The molecular weight excluding hydrogens is 733 g/mol. The van der Waals surface area contributed by atoms with Crippen LogP contribution in [-0.4, -0.2) is 61.1 Å². The predicted molar refractivity (Wildman–Crippen MR) is 213 cm³/mol. The van der Waals surface area contributed by atoms with Crippen LogP contribution in [0.25, 0.3) is 0 Å². The normalized spacial score (nSPS) is 19.1. The van der Waals surface area contributed by atoms with Crippen LogP contribution in [0.5, 0.6) is 0 Å². The average Bonchev–Trinajstić information content (AvgIpc) is 3.21. The number of piperidine rings is 1. The molecule has 13 heteroatoms. The molecule has 0 aromatic heterocycles. The molecular formula is C43H48N4O8S. The summed E-state index contributed by atoms with van der Waals surface area (Å²) in [7, 11) is -3.95. The summed E-state index contributed by atoms with van der Waals surface area (Å²) in [6, 6.07) is 27.3. The van der Waals surface area contributed by atoms with Crippen molar-refractivity contribution >= 4 is 45.2 Å². The van der Waals surface area contributed by atoms with Crippen molar-refractivity contribution in [1.82, 2.24) is 10.0 Å². The van der Waals surface area contributed by atoms with Gasteiger partial charge in [0, 0.05) is 35.1 Å². The molecule has 2 aliphatic rings. The molecule has 2 unspecified atom stereocenters. The van der Waals surface area contributed by atoms with Crippen LogP contribution < -0.4 is 20.3 Å². The minimum absolute atomic E-state index is 0.0186. The Morgan fingerprint density at radius 3 is 2.00 bits per heavy atom. The third-order valence-corrected chi connectivity index (χ3v) is 12.5. The summed E-state index contributed by atoms with van der Waals surface area (Å²) in [6.07, 6.45) is 5.88. The summed E-state index contributed by atoms with van der Waals surface area (Å²) < 4.78 is 29.5. The number of aromatic carboxylic acids is 1. The van der Waals surface area contributed by atoms with Crippen molar-refractivity contribution in [3.63, 3.8) is 0 Å². The van der Waals surface area contributed by atoms with E-state index < -0.39 is 33.9 Å². The highest BCUT2D eigenvalue weighted by molar-refractivity contribution is 7.89. The second-order valence-corrected chi connectivity index (χ2v) is 16.5. The van der Waals surface area contributed by atoms with Gasteiger partial charge in [-0.1, -0.05) is 36.4 Å². The number of aliphatic carboxylic acids is 1. The van der Waals surface area contributed by atoms with Gasteiger partial charge in [0.05, 0.1) is 16.4 Å². The van der Waals surface area contributed by atoms with Crippen molar-refractivity contribution in [1.29, 1.82) is 0 Å². The molecule has 1 aliphatic carbocycles. The number of nitrogens with zero attached hydrogens (tertiary/aromatic N) is 1. The van der Waals surface area contributed by atoms with Gasteiger partial charge in [0.1, 0.15) is 6.17 Å². The van der Waals surface area contributed by atoms with E-state index in [0.29, 0.717) is 49.9 Å². The Hall–Kier alpha value is -5.53. The van der Waals surface area contributed by atoms with Crippen molar-refractivity contribution in [3.8, 4) is 0 Å². The highest BCUT2D eigenvalue weighted by Crippen LogP contribution is 2.32. The number of anilines is 2. The monoisotopic (exact) mass is 780 g/mol. The zero-order valence-corrected chi connectivity index (χ0v) is 32.1. The Kier molecular flexibility index (Phi) is 12.9. The first kappa shape index (κ1) is 40.1. The standard InChI is InChI=1S/C43H48N4O8S/c1-28(31-19-21-33(22-20-31)43(52)53)46-56(54,55)38-9-5-7-35(27-38)41(49)45-39-10-2-3-25-47(39)37-8-4-6-34(26-37)40(48)44-36-23-15-30(16-24-36)12-11-29-13-17-32(18-14-29)42(50)51/h4-9,13-18,23-24,26-28,31,33,39,46H,2-3,10-12,19-22,25H2,1H3,(H,44,48)(H,45,49)(H,50,51)(H,52,53). The molecule has 294 valence electrons. The van der Waals surface area contributed by atoms with Crippen molar-refractivity contribution in [2.75, 3.05) is 16.8 Å². The fraction of sp³-hybridized carbons (Fsp3) is 0.349. The van der Waals surface area contributed by atoms with Crippen LogP contribution in [0.1, 0.15) is 94.1 Å². The average molecular weight is 781 g/mol. The number of carboxylic acids is 2. The van der Waals surface area contributed by atoms with Crippen LogP contribution in [0.3, 0.4) is 0 Å². The molecule has 2 atom stereocenters. The number of rotatable bonds is 14. The molecule has 4 aromatic rings. The molecule has 2 fully saturated rings. The second-order valence-electron chi connectivity index (χ2n) is 14.8. The fourth-order valence-corrected chi connectivity index (χ4v) is 8.95. The number of aryl methyl sites for hydroxylation is 2. The number of carboxylic acid groups (broad SMARTS) is 2. The molecule has 1 saturated carbocycles. The molecule has 5 N–H and O–H groups in total. The third-order valence-electron chi connectivity index (χ3n) is 10.9. The van der Waals surface area contributed by atoms with E-state index >= 15 is 0 Å². The summed E-state index contributed by atoms with van der Waals surface area (Å²) in [4.78, 5) is 51.4. The van der Waals surface area contributed by atoms with Crippen LogP contribution in [0.4, 0.5) is 11.4 Å². The fourth-order valence-electron chi connectivity index (χ4n) is 7.59. The van der Waals surface area contributed by atoms with Crippen LogP contribution in [-0.2, 0) is 27.7 Å². The highest BCUT2D eigenvalue weighted by atomic mass is 32.2. The third kappa shape index (κ3) is 10.2. The van der Waals surface area contributed by atoms with E-state index in [1.54, 1.807) is 43.3 Å². The molecule has 6 rings (SSSR count). The first-order valence-electron chi connectivity index (χ1n) is 19.1. The lowest BCUT2D eigenvalue weighted by Gasteiger charge is -2.38. The zero-order chi connectivity index (χ0) is 39.8. The summed E-state index contributed by atoms with van der Waals surface area (Å²) in [5.41, 5.74) is 4.47. The maximum atomic E-state index is 13.6. The van der Waals surface area contributed by atoms with Crippen molar-refractivity contribution in [3.05, 3.63) is 125 Å². The smallest absolute Gasteiger partial charge is 0.335 e. The zero-order valence-electron chi connectivity index (χ0n) is 31.3. The Bertz CT molecular complexity index is 2150. The summed E-state index contributed by atoms with van der Waals surface area (Å²) in [5, 5.41) is 24.5. The number of amides is 2. The minimum atomic E-state index is -3.95. The van der Waals surface area contributed by atoms with E-state index in [9.17, 15) is 32.7 Å². The van der Waals surface area contributed by atoms with Crippen molar-refractivity contribution in [2.45, 2.75) is 81.8 Å². The van der Waals surface area contributed by atoms with Gasteiger partial charge in [-0.15, -0.1) is 0 Å². The van der Waals surface area contributed by atoms with E-state index in [4.69, 9.17) is 5.11 Å². The Labute approximate surface area is 327 Å². The van der Waals surface area contributed by atoms with Crippen molar-refractivity contribution < 1.29 is 37.8 Å². The number of hydrogen-bond donors (Lipinski definition) is 5. The van der Waals surface area contributed by atoms with E-state index in [2.05, 4.69) is 20.3 Å². The molecule has 0 bridgehead atoms. The number of benzene rings is 4. The van der Waals surface area contributed by atoms with E-state index in [1.807, 2.05) is 48.5 Å². The first-order chi connectivity index (χ1) is 26.9. The minimum Gasteiger partial charge on any atom is -0.481 e. The lowest BCUT2D eigenvalue weighted by atomic mass is 9.79. The van der Waals surface area contributed by atoms with Gasteiger partial charge in [-0.25, -0.2) is 17.9 Å². The SMILES string of the molecule is CC(NS(=O)(=O)c1cccc(C(=O)NC2CCCCN2c2cccc(C(=O)Nc3ccc(CCc4ccc(C(=O)O)cc4)cc3)c2)c1)C1CCC(C(=O)O)CC1. The van der Waals surface area contributed by atoms with Crippen LogP contribution >= 0.6 is 0 Å². The lowest BCUT2D eigenvalue weighted by molar-refractivity contribution is -0.143. The number of nitrogens with one attached hydrogen (secondary N) is 3. The molecule has 4 aromatic carbocycles. The van der Waals surface area contributed by atoms with Crippen LogP contribution in [0.2, 0.25) is 0 Å². The van der Waals surface area contributed by atoms with Gasteiger partial charge in [-0.05, 0) is 142 Å². The van der Waals surface area contributed by atoms with Crippen molar-refractivity contribution in [2.24, 2.45) is 11.8 Å². The predicted octanol–water partition coefficient (Wildman–Crippen LogP) is 6.73. The van der Waals surface area contributed by atoms with Gasteiger partial charge in [0.2, 0.25) is 10.0 Å². The lowest BCUT2D eigenvalue weighted by Crippen LogP contribution is -2.51. The second kappa shape index (κ2) is 17.9. The number of carbonyl (C=O) groups excluding carboxylic acids is 2. The van der Waals surface area contributed by atoms with Gasteiger partial charge in [-0.2, -0.15) is 0 Å². The summed E-state index contributed by atoms with van der Waals surface area (Å²) >= 11 is 0. The maximum Gasteiger partial charge on any atom is 0.335 e. The number of hydrogen-bond acceptors (Lipinski definition) is 7. The van der Waals surface area contributed by atoms with E-state index in [-0.39, 0.29) is 39.9 Å². The van der Waals surface area contributed by atoms with Gasteiger partial charge >= 0.3 is 11.9 Å². The summed E-state index contributed by atoms with van der Waals surface area (Å²) in [6.45, 7) is 2.46. The molecule has 0 radical (unpaired) electrons. The van der Waals surface area contributed by atoms with Crippen LogP contribution in [0, 0.1) is 11.8 Å². The number of sulfonamides is 1. The molecule has 0 spiro atoms. The summed E-state index contributed by atoms with van der Waals surface area (Å²) in [5.74, 6) is -2.81. The Morgan fingerprint density at radius 1 is 0.732 bits per heavy atom. The van der Waals surface area contributed by atoms with Gasteiger partial charge in [0.15, 0.2) is 0 Å². The topological polar surface area (TPSA) is 182 Å². The molecule has 1 heterocycles. The molecule has 56 heavy (non-hydrogen) atoms. The van der Waals surface area contributed by atoms with E-state index in [0.717, 1.165) is 42.5 Å². The molecule has 1 saturated heterocycles. The maximum absolute atomic E-state index is 13.6. The molecule has 1 aliphatic heterocycles. The number of carbonyl (C=O) groups is 4. The van der Waals surface area contributed by atoms with E-state index in [1.165, 1.54) is 12.1 Å². The Balaban J connectivity index is 1.05. The van der Waals surface area contributed by atoms with Gasteiger partial charge < -0.3 is 25.7 Å². The van der Waals surface area contributed by atoms with Gasteiger partial charge in [0.25, 0.3) is 11.8 Å². The largest absolute Gasteiger partial charge is 0.481 e. The molecule has 2 amide bonds. The van der Waals surface area contributed by atoms with Crippen LogP contribution in [0.15, 0.2) is 102 Å². The quantitative estimate of drug-likeness (QED) is 0.0927. The molecule has 12 nitrogen and oxygen atoms in total.